The van der Waals surface area contributed by atoms with E-state index >= 15 is 0 Å². The van der Waals surface area contributed by atoms with Gasteiger partial charge in [0.25, 0.3) is 5.69 Å². The van der Waals surface area contributed by atoms with Gasteiger partial charge >= 0.3 is 0 Å². The van der Waals surface area contributed by atoms with Crippen LogP contribution in [0.4, 0.5) is 5.69 Å². The van der Waals surface area contributed by atoms with Crippen molar-refractivity contribution in [1.29, 1.82) is 0 Å². The lowest BCUT2D eigenvalue weighted by molar-refractivity contribution is -0.384. The number of nitrogens with one attached hydrogen (secondary N) is 1. The van der Waals surface area contributed by atoms with Crippen molar-refractivity contribution in [1.82, 2.24) is 15.1 Å². The second-order valence-electron chi connectivity index (χ2n) is 4.03. The lowest BCUT2D eigenvalue weighted by Gasteiger charge is -2.04. The Morgan fingerprint density at radius 3 is 2.89 bits per heavy atom. The molecular weight excluding hydrogens is 232 g/mol. The van der Waals surface area contributed by atoms with E-state index in [1.165, 1.54) is 10.7 Å². The van der Waals surface area contributed by atoms with E-state index < -0.39 is 4.92 Å². The molecule has 1 heterocycles. The van der Waals surface area contributed by atoms with Crippen LogP contribution in [0.1, 0.15) is 11.3 Å². The molecule has 0 radical (unpaired) electrons. The third-order valence-electron chi connectivity index (χ3n) is 2.58. The van der Waals surface area contributed by atoms with E-state index in [-0.39, 0.29) is 5.69 Å². The molecule has 1 aromatic carbocycles. The van der Waals surface area contributed by atoms with Crippen molar-refractivity contribution in [2.24, 2.45) is 0 Å². The summed E-state index contributed by atoms with van der Waals surface area (Å²) < 4.78 is 1.54. The van der Waals surface area contributed by atoms with E-state index in [9.17, 15) is 10.1 Å². The monoisotopic (exact) mass is 246 g/mol. The van der Waals surface area contributed by atoms with Crippen LogP contribution in [0.25, 0.3) is 5.69 Å². The number of nitrogens with zero attached hydrogens (tertiary/aromatic N) is 3. The number of hydrogen-bond acceptors (Lipinski definition) is 4. The minimum Gasteiger partial charge on any atom is -0.314 e. The van der Waals surface area contributed by atoms with Crippen molar-refractivity contribution in [3.05, 3.63) is 51.8 Å². The van der Waals surface area contributed by atoms with Crippen LogP contribution in [0.15, 0.2) is 30.5 Å². The third kappa shape index (κ3) is 2.38. The Labute approximate surface area is 104 Å². The van der Waals surface area contributed by atoms with Gasteiger partial charge in [-0.25, -0.2) is 4.68 Å². The fourth-order valence-corrected chi connectivity index (χ4v) is 1.74. The van der Waals surface area contributed by atoms with E-state index in [1.807, 2.05) is 20.0 Å². The van der Waals surface area contributed by atoms with E-state index in [1.54, 1.807) is 18.3 Å². The first-order valence-corrected chi connectivity index (χ1v) is 5.56. The van der Waals surface area contributed by atoms with Gasteiger partial charge in [0.2, 0.25) is 0 Å². The molecule has 1 N–H and O–H groups in total. The Hall–Kier alpha value is -2.21. The summed E-state index contributed by atoms with van der Waals surface area (Å²) in [4.78, 5) is 10.6. The predicted molar refractivity (Wildman–Crippen MR) is 67.7 cm³/mol. The highest BCUT2D eigenvalue weighted by Gasteiger charge is 2.15. The molecule has 0 unspecified atom stereocenters. The van der Waals surface area contributed by atoms with Crippen molar-refractivity contribution >= 4 is 5.69 Å². The van der Waals surface area contributed by atoms with Crippen molar-refractivity contribution in [2.45, 2.75) is 13.5 Å². The maximum Gasteiger partial charge on any atom is 0.294 e. The van der Waals surface area contributed by atoms with E-state index in [2.05, 4.69) is 10.4 Å². The first-order chi connectivity index (χ1) is 8.61. The van der Waals surface area contributed by atoms with Crippen molar-refractivity contribution in [3.8, 4) is 5.69 Å². The standard InChI is InChI=1S/C12H14N4O2/c1-9-3-4-11(16(17)18)12(7-9)15-6-5-10(14-15)8-13-2/h3-7,13H,8H2,1-2H3. The summed E-state index contributed by atoms with van der Waals surface area (Å²) in [5, 5.41) is 18.3. The molecule has 2 aromatic rings. The molecule has 0 atom stereocenters. The number of aromatic nitrogens is 2. The smallest absolute Gasteiger partial charge is 0.294 e. The van der Waals surface area contributed by atoms with Crippen molar-refractivity contribution in [2.75, 3.05) is 7.05 Å². The second kappa shape index (κ2) is 4.97. The van der Waals surface area contributed by atoms with Gasteiger partial charge in [0, 0.05) is 18.8 Å². The highest BCUT2D eigenvalue weighted by Crippen LogP contribution is 2.23. The molecule has 94 valence electrons. The fraction of sp³-hybridized carbons (Fsp3) is 0.250. The molecule has 0 fully saturated rings. The Morgan fingerprint density at radius 2 is 2.22 bits per heavy atom. The van der Waals surface area contributed by atoms with Gasteiger partial charge in [-0.15, -0.1) is 0 Å². The van der Waals surface area contributed by atoms with Crippen LogP contribution < -0.4 is 5.32 Å². The Kier molecular flexibility index (Phi) is 3.38. The van der Waals surface area contributed by atoms with Crippen LogP contribution in [0.3, 0.4) is 0 Å². The minimum atomic E-state index is -0.395. The molecule has 6 nitrogen and oxygen atoms in total. The maximum absolute atomic E-state index is 11.0. The highest BCUT2D eigenvalue weighted by atomic mass is 16.6. The van der Waals surface area contributed by atoms with Gasteiger partial charge in [0.15, 0.2) is 0 Å². The zero-order valence-corrected chi connectivity index (χ0v) is 10.3. The number of benzene rings is 1. The molecule has 18 heavy (non-hydrogen) atoms. The number of aryl methyl sites for hydroxylation is 1. The van der Waals surface area contributed by atoms with Gasteiger partial charge in [-0.05, 0) is 31.7 Å². The first-order valence-electron chi connectivity index (χ1n) is 5.56. The first kappa shape index (κ1) is 12.3. The van der Waals surface area contributed by atoms with Crippen LogP contribution in [0.2, 0.25) is 0 Å². The molecule has 0 spiro atoms. The predicted octanol–water partition coefficient (Wildman–Crippen LogP) is 1.81. The largest absolute Gasteiger partial charge is 0.314 e. The summed E-state index contributed by atoms with van der Waals surface area (Å²) in [6.45, 7) is 2.53. The summed E-state index contributed by atoms with van der Waals surface area (Å²) >= 11 is 0. The van der Waals surface area contributed by atoms with Crippen LogP contribution >= 0.6 is 0 Å². The lowest BCUT2D eigenvalue weighted by atomic mass is 10.2. The normalized spacial score (nSPS) is 10.6. The summed E-state index contributed by atoms with van der Waals surface area (Å²) in [6.07, 6.45) is 1.73. The quantitative estimate of drug-likeness (QED) is 0.659. The molecule has 6 heteroatoms. The summed E-state index contributed by atoms with van der Waals surface area (Å²) in [7, 11) is 1.83. The lowest BCUT2D eigenvalue weighted by Crippen LogP contribution is -2.07. The summed E-state index contributed by atoms with van der Waals surface area (Å²) in [5.41, 5.74) is 2.34. The van der Waals surface area contributed by atoms with E-state index in [0.29, 0.717) is 12.2 Å². The number of hydrogen-bond donors (Lipinski definition) is 1. The zero-order chi connectivity index (χ0) is 13.1. The average molecular weight is 246 g/mol. The van der Waals surface area contributed by atoms with Crippen LogP contribution in [0, 0.1) is 17.0 Å². The fourth-order valence-electron chi connectivity index (χ4n) is 1.74. The molecule has 0 amide bonds. The van der Waals surface area contributed by atoms with E-state index in [0.717, 1.165) is 11.3 Å². The second-order valence-corrected chi connectivity index (χ2v) is 4.03. The summed E-state index contributed by atoms with van der Waals surface area (Å²) in [6, 6.07) is 6.82. The van der Waals surface area contributed by atoms with Gasteiger partial charge in [0.1, 0.15) is 5.69 Å². The third-order valence-corrected chi connectivity index (χ3v) is 2.58. The summed E-state index contributed by atoms with van der Waals surface area (Å²) in [5.74, 6) is 0. The SMILES string of the molecule is CNCc1ccn(-c2cc(C)ccc2[N+](=O)[O-])n1. The number of rotatable bonds is 4. The Morgan fingerprint density at radius 1 is 1.44 bits per heavy atom. The highest BCUT2D eigenvalue weighted by molar-refractivity contribution is 5.53. The zero-order valence-electron chi connectivity index (χ0n) is 10.3. The van der Waals surface area contributed by atoms with Gasteiger partial charge in [0.05, 0.1) is 10.6 Å². The molecule has 0 bridgehead atoms. The van der Waals surface area contributed by atoms with Crippen molar-refractivity contribution < 1.29 is 4.92 Å². The molecular formula is C12H14N4O2. The molecule has 0 aliphatic carbocycles. The Bertz CT molecular complexity index is 577. The maximum atomic E-state index is 11.0. The van der Waals surface area contributed by atoms with Crippen LogP contribution in [0.5, 0.6) is 0 Å². The molecule has 0 aliphatic heterocycles. The van der Waals surface area contributed by atoms with Crippen molar-refractivity contribution in [3.63, 3.8) is 0 Å². The Balaban J connectivity index is 2.47. The number of nitro groups is 1. The van der Waals surface area contributed by atoms with Gasteiger partial charge in [-0.1, -0.05) is 6.07 Å². The van der Waals surface area contributed by atoms with Gasteiger partial charge in [-0.2, -0.15) is 5.10 Å². The van der Waals surface area contributed by atoms with Gasteiger partial charge < -0.3 is 5.32 Å². The molecule has 0 saturated carbocycles. The molecule has 1 aromatic heterocycles. The molecule has 2 rings (SSSR count). The van der Waals surface area contributed by atoms with E-state index in [4.69, 9.17) is 0 Å². The van der Waals surface area contributed by atoms with Crippen LogP contribution in [-0.4, -0.2) is 21.8 Å². The molecule has 0 saturated heterocycles. The van der Waals surface area contributed by atoms with Gasteiger partial charge in [-0.3, -0.25) is 10.1 Å². The molecule has 0 aliphatic rings. The van der Waals surface area contributed by atoms with Crippen LogP contribution in [-0.2, 0) is 6.54 Å². The minimum absolute atomic E-state index is 0.0553. The number of nitro benzene ring substituents is 1. The topological polar surface area (TPSA) is 73.0 Å². The average Bonchev–Trinajstić information content (AvgIpc) is 2.77.